The Morgan fingerprint density at radius 3 is 2.67 bits per heavy atom. The molecule has 1 heterocycles. The lowest BCUT2D eigenvalue weighted by atomic mass is 10.0. The zero-order valence-electron chi connectivity index (χ0n) is 11.6. The van der Waals surface area contributed by atoms with Crippen LogP contribution < -0.4 is 4.74 Å². The van der Waals surface area contributed by atoms with Gasteiger partial charge in [0.05, 0.1) is 13.0 Å². The minimum absolute atomic E-state index is 0.154. The van der Waals surface area contributed by atoms with E-state index in [2.05, 4.69) is 15.9 Å². The normalized spacial score (nSPS) is 18.3. The third-order valence-electron chi connectivity index (χ3n) is 3.51. The zero-order valence-corrected chi connectivity index (χ0v) is 13.2. The number of hydrogen-bond donors (Lipinski definition) is 1. The summed E-state index contributed by atoms with van der Waals surface area (Å²) in [5.41, 5.74) is 0. The molecule has 114 valence electrons. The highest BCUT2D eigenvalue weighted by molar-refractivity contribution is 9.10. The van der Waals surface area contributed by atoms with E-state index in [4.69, 9.17) is 9.84 Å². The summed E-state index contributed by atoms with van der Waals surface area (Å²) >= 11 is 3.34. The van der Waals surface area contributed by atoms with E-state index in [1.54, 1.807) is 0 Å². The van der Waals surface area contributed by atoms with Crippen LogP contribution in [0.2, 0.25) is 0 Å². The SMILES string of the molecule is O=C(O)C1CCCCN1C(=O)CCOc1ccc(Br)cc1. The number of rotatable bonds is 5. The molecule has 2 rings (SSSR count). The van der Waals surface area contributed by atoms with Crippen LogP contribution in [0.3, 0.4) is 0 Å². The number of amides is 1. The van der Waals surface area contributed by atoms with Crippen LogP contribution in [0.5, 0.6) is 5.75 Å². The van der Waals surface area contributed by atoms with Crippen LogP contribution in [-0.4, -0.2) is 41.1 Å². The van der Waals surface area contributed by atoms with Crippen molar-refractivity contribution in [1.82, 2.24) is 4.90 Å². The minimum Gasteiger partial charge on any atom is -0.493 e. The van der Waals surface area contributed by atoms with Gasteiger partial charge in [0.2, 0.25) is 5.91 Å². The molecular formula is C15H18BrNO4. The number of ether oxygens (including phenoxy) is 1. The molecule has 5 nitrogen and oxygen atoms in total. The maximum atomic E-state index is 12.1. The Kier molecular flexibility index (Phi) is 5.61. The van der Waals surface area contributed by atoms with Gasteiger partial charge in [-0.3, -0.25) is 4.79 Å². The van der Waals surface area contributed by atoms with Crippen molar-refractivity contribution < 1.29 is 19.4 Å². The van der Waals surface area contributed by atoms with Crippen LogP contribution in [0.25, 0.3) is 0 Å². The van der Waals surface area contributed by atoms with Gasteiger partial charge in [0.1, 0.15) is 11.8 Å². The van der Waals surface area contributed by atoms with Gasteiger partial charge in [-0.2, -0.15) is 0 Å². The molecule has 0 bridgehead atoms. The summed E-state index contributed by atoms with van der Waals surface area (Å²) < 4.78 is 6.46. The molecule has 0 aliphatic carbocycles. The fraction of sp³-hybridized carbons (Fsp3) is 0.467. The fourth-order valence-corrected chi connectivity index (χ4v) is 2.68. The van der Waals surface area contributed by atoms with E-state index in [9.17, 15) is 9.59 Å². The molecule has 1 atom stereocenters. The third kappa shape index (κ3) is 4.46. The number of likely N-dealkylation sites (tertiary alicyclic amines) is 1. The second-order valence-corrected chi connectivity index (χ2v) is 5.91. The van der Waals surface area contributed by atoms with Crippen LogP contribution in [0.1, 0.15) is 25.7 Å². The molecule has 0 radical (unpaired) electrons. The Labute approximate surface area is 132 Å². The van der Waals surface area contributed by atoms with Gasteiger partial charge in [-0.15, -0.1) is 0 Å². The number of halogens is 1. The van der Waals surface area contributed by atoms with Gasteiger partial charge in [0, 0.05) is 11.0 Å². The minimum atomic E-state index is -0.920. The molecule has 0 saturated carbocycles. The lowest BCUT2D eigenvalue weighted by Gasteiger charge is -2.33. The van der Waals surface area contributed by atoms with Crippen molar-refractivity contribution in [2.75, 3.05) is 13.2 Å². The lowest BCUT2D eigenvalue weighted by molar-refractivity contribution is -0.152. The number of carbonyl (C=O) groups is 2. The van der Waals surface area contributed by atoms with Gasteiger partial charge < -0.3 is 14.7 Å². The molecule has 1 aromatic rings. The summed E-state index contributed by atoms with van der Waals surface area (Å²) in [5, 5.41) is 9.16. The van der Waals surface area contributed by atoms with Gasteiger partial charge in [0.15, 0.2) is 0 Å². The Hall–Kier alpha value is -1.56. The van der Waals surface area contributed by atoms with Gasteiger partial charge in [-0.25, -0.2) is 4.79 Å². The first-order valence-electron chi connectivity index (χ1n) is 6.98. The van der Waals surface area contributed by atoms with E-state index in [-0.39, 0.29) is 18.9 Å². The van der Waals surface area contributed by atoms with Gasteiger partial charge in [-0.1, -0.05) is 15.9 Å². The quantitative estimate of drug-likeness (QED) is 0.881. The van der Waals surface area contributed by atoms with E-state index in [0.29, 0.717) is 18.7 Å². The Bertz CT molecular complexity index is 503. The maximum absolute atomic E-state index is 12.1. The van der Waals surface area contributed by atoms with Crippen LogP contribution in [0.15, 0.2) is 28.7 Å². The Morgan fingerprint density at radius 1 is 1.29 bits per heavy atom. The average molecular weight is 356 g/mol. The molecule has 0 spiro atoms. The summed E-state index contributed by atoms with van der Waals surface area (Å²) in [6, 6.07) is 6.68. The molecule has 1 saturated heterocycles. The highest BCUT2D eigenvalue weighted by Gasteiger charge is 2.31. The van der Waals surface area contributed by atoms with Crippen LogP contribution in [-0.2, 0) is 9.59 Å². The lowest BCUT2D eigenvalue weighted by Crippen LogP contribution is -2.48. The van der Waals surface area contributed by atoms with Gasteiger partial charge in [0.25, 0.3) is 0 Å². The third-order valence-corrected chi connectivity index (χ3v) is 4.04. The Morgan fingerprint density at radius 2 is 2.00 bits per heavy atom. The zero-order chi connectivity index (χ0) is 15.2. The van der Waals surface area contributed by atoms with E-state index in [1.807, 2.05) is 24.3 Å². The van der Waals surface area contributed by atoms with Crippen LogP contribution in [0.4, 0.5) is 0 Å². The second kappa shape index (κ2) is 7.45. The molecule has 1 aliphatic rings. The first-order chi connectivity index (χ1) is 10.1. The summed E-state index contributed by atoms with van der Waals surface area (Å²) in [4.78, 5) is 24.8. The molecule has 1 aliphatic heterocycles. The summed E-state index contributed by atoms with van der Waals surface area (Å²) in [5.74, 6) is -0.379. The summed E-state index contributed by atoms with van der Waals surface area (Å²) in [6.45, 7) is 0.775. The number of carboxylic acid groups (broad SMARTS) is 1. The predicted octanol–water partition coefficient (Wildman–Crippen LogP) is 2.68. The van der Waals surface area contributed by atoms with Crippen molar-refractivity contribution in [3.05, 3.63) is 28.7 Å². The van der Waals surface area contributed by atoms with Crippen molar-refractivity contribution in [1.29, 1.82) is 0 Å². The van der Waals surface area contributed by atoms with Crippen molar-refractivity contribution in [2.45, 2.75) is 31.7 Å². The van der Waals surface area contributed by atoms with Crippen molar-refractivity contribution in [3.63, 3.8) is 0 Å². The number of piperidine rings is 1. The summed E-state index contributed by atoms with van der Waals surface area (Å²) in [7, 11) is 0. The van der Waals surface area contributed by atoms with Crippen molar-refractivity contribution >= 4 is 27.8 Å². The molecule has 1 N–H and O–H groups in total. The van der Waals surface area contributed by atoms with E-state index in [1.165, 1.54) is 4.90 Å². The fourth-order valence-electron chi connectivity index (χ4n) is 2.42. The van der Waals surface area contributed by atoms with Crippen LogP contribution in [0, 0.1) is 0 Å². The first kappa shape index (κ1) is 15.8. The van der Waals surface area contributed by atoms with E-state index in [0.717, 1.165) is 17.3 Å². The number of carbonyl (C=O) groups excluding carboxylic acids is 1. The topological polar surface area (TPSA) is 66.8 Å². The maximum Gasteiger partial charge on any atom is 0.326 e. The molecule has 21 heavy (non-hydrogen) atoms. The largest absolute Gasteiger partial charge is 0.493 e. The molecule has 1 unspecified atom stereocenters. The molecule has 1 aromatic carbocycles. The monoisotopic (exact) mass is 355 g/mol. The van der Waals surface area contributed by atoms with Crippen molar-refractivity contribution in [3.8, 4) is 5.75 Å². The molecular weight excluding hydrogens is 338 g/mol. The number of hydrogen-bond acceptors (Lipinski definition) is 3. The standard InChI is InChI=1S/C15H18BrNO4/c16-11-4-6-12(7-5-11)21-10-8-14(18)17-9-2-1-3-13(17)15(19)20/h4-7,13H,1-3,8-10H2,(H,19,20). The molecule has 1 fully saturated rings. The van der Waals surface area contributed by atoms with Crippen molar-refractivity contribution in [2.24, 2.45) is 0 Å². The smallest absolute Gasteiger partial charge is 0.326 e. The first-order valence-corrected chi connectivity index (χ1v) is 7.78. The number of benzene rings is 1. The highest BCUT2D eigenvalue weighted by Crippen LogP contribution is 2.19. The van der Waals surface area contributed by atoms with Gasteiger partial charge in [-0.05, 0) is 43.5 Å². The van der Waals surface area contributed by atoms with Gasteiger partial charge >= 0.3 is 5.97 Å². The molecule has 0 aromatic heterocycles. The Balaban J connectivity index is 1.83. The average Bonchev–Trinajstić information content (AvgIpc) is 2.49. The number of aliphatic carboxylic acids is 1. The van der Waals surface area contributed by atoms with Crippen LogP contribution >= 0.6 is 15.9 Å². The molecule has 1 amide bonds. The number of carboxylic acids is 1. The second-order valence-electron chi connectivity index (χ2n) is 4.99. The van der Waals surface area contributed by atoms with E-state index < -0.39 is 12.0 Å². The predicted molar refractivity (Wildman–Crippen MR) is 81.2 cm³/mol. The highest BCUT2D eigenvalue weighted by atomic mass is 79.9. The summed E-state index contributed by atoms with van der Waals surface area (Å²) in [6.07, 6.45) is 2.45. The number of nitrogens with zero attached hydrogens (tertiary/aromatic N) is 1. The van der Waals surface area contributed by atoms with E-state index >= 15 is 0 Å². The molecule has 6 heteroatoms.